The molecule has 0 radical (unpaired) electrons. The van der Waals surface area contributed by atoms with E-state index in [9.17, 15) is 13.2 Å². The first kappa shape index (κ1) is 15.6. The van der Waals surface area contributed by atoms with Crippen LogP contribution in [0.3, 0.4) is 0 Å². The first-order valence-corrected chi connectivity index (χ1v) is 7.82. The molecule has 0 bridgehead atoms. The van der Waals surface area contributed by atoms with Crippen LogP contribution >= 0.6 is 0 Å². The number of carbonyl (C=O) groups excluding carboxylic acids is 1. The molecule has 1 heterocycles. The highest BCUT2D eigenvalue weighted by Crippen LogP contribution is 1.94. The second kappa shape index (κ2) is 7.85. The first-order chi connectivity index (χ1) is 9.03. The van der Waals surface area contributed by atoms with Crippen LogP contribution in [-0.4, -0.2) is 31.6 Å². The van der Waals surface area contributed by atoms with Gasteiger partial charge in [0.05, 0.1) is 24.5 Å². The minimum atomic E-state index is -3.35. The zero-order chi connectivity index (χ0) is 14.1. The lowest BCUT2D eigenvalue weighted by atomic mass is 10.3. The minimum Gasteiger partial charge on any atom is -0.349 e. The van der Waals surface area contributed by atoms with Gasteiger partial charge in [-0.2, -0.15) is 0 Å². The van der Waals surface area contributed by atoms with Crippen LogP contribution in [0.2, 0.25) is 0 Å². The standard InChI is InChI=1S/C12H19N3O3S/c1-2-3-8-19(17,18)15-10-12(16)14-9-11-6-4-5-7-13-11/h4-7,15H,2-3,8-10H2,1H3,(H,14,16). The van der Waals surface area contributed by atoms with Crippen molar-refractivity contribution in [3.05, 3.63) is 30.1 Å². The number of hydrogen-bond acceptors (Lipinski definition) is 4. The summed E-state index contributed by atoms with van der Waals surface area (Å²) in [5.74, 6) is -0.317. The number of nitrogens with zero attached hydrogens (tertiary/aromatic N) is 1. The summed E-state index contributed by atoms with van der Waals surface area (Å²) in [5, 5.41) is 2.60. The number of sulfonamides is 1. The predicted molar refractivity (Wildman–Crippen MR) is 72.8 cm³/mol. The predicted octanol–water partition coefficient (Wildman–Crippen LogP) is 0.417. The Morgan fingerprint density at radius 1 is 1.37 bits per heavy atom. The summed E-state index contributed by atoms with van der Waals surface area (Å²) in [5.41, 5.74) is 0.727. The van der Waals surface area contributed by atoms with E-state index in [4.69, 9.17) is 0 Å². The normalized spacial score (nSPS) is 11.2. The van der Waals surface area contributed by atoms with Gasteiger partial charge < -0.3 is 5.32 Å². The summed E-state index contributed by atoms with van der Waals surface area (Å²) in [7, 11) is -3.35. The Morgan fingerprint density at radius 3 is 2.79 bits per heavy atom. The van der Waals surface area contributed by atoms with Crippen LogP contribution in [0, 0.1) is 0 Å². The molecule has 0 saturated heterocycles. The number of aromatic nitrogens is 1. The van der Waals surface area contributed by atoms with Crippen molar-refractivity contribution in [3.63, 3.8) is 0 Å². The molecule has 7 heteroatoms. The van der Waals surface area contributed by atoms with E-state index in [1.807, 2.05) is 13.0 Å². The van der Waals surface area contributed by atoms with E-state index < -0.39 is 10.0 Å². The fourth-order valence-corrected chi connectivity index (χ4v) is 2.50. The molecule has 0 aliphatic heterocycles. The van der Waals surface area contributed by atoms with E-state index in [1.54, 1.807) is 18.3 Å². The van der Waals surface area contributed by atoms with Crippen LogP contribution in [0.5, 0.6) is 0 Å². The highest BCUT2D eigenvalue weighted by atomic mass is 32.2. The molecule has 2 N–H and O–H groups in total. The number of rotatable bonds is 8. The summed E-state index contributed by atoms with van der Waals surface area (Å²) in [6.45, 7) is 1.96. The maximum atomic E-state index is 11.5. The van der Waals surface area contributed by atoms with E-state index >= 15 is 0 Å². The van der Waals surface area contributed by atoms with Crippen molar-refractivity contribution in [2.75, 3.05) is 12.3 Å². The summed E-state index contributed by atoms with van der Waals surface area (Å²) >= 11 is 0. The zero-order valence-electron chi connectivity index (χ0n) is 10.9. The van der Waals surface area contributed by atoms with E-state index in [2.05, 4.69) is 15.0 Å². The number of pyridine rings is 1. The van der Waals surface area contributed by atoms with Crippen LogP contribution in [0.1, 0.15) is 25.5 Å². The molecule has 106 valence electrons. The number of nitrogens with one attached hydrogen (secondary N) is 2. The second-order valence-corrected chi connectivity index (χ2v) is 6.02. The van der Waals surface area contributed by atoms with Crippen molar-refractivity contribution in [1.82, 2.24) is 15.0 Å². The Balaban J connectivity index is 2.28. The van der Waals surface area contributed by atoms with Gasteiger partial charge in [-0.25, -0.2) is 13.1 Å². The lowest BCUT2D eigenvalue weighted by molar-refractivity contribution is -0.120. The highest BCUT2D eigenvalue weighted by molar-refractivity contribution is 7.89. The molecule has 0 aliphatic rings. The van der Waals surface area contributed by atoms with Gasteiger partial charge >= 0.3 is 0 Å². The lowest BCUT2D eigenvalue weighted by Gasteiger charge is -2.07. The molecule has 0 atom stereocenters. The Bertz CT molecular complexity index is 488. The molecule has 1 aromatic rings. The van der Waals surface area contributed by atoms with Gasteiger partial charge in [-0.3, -0.25) is 9.78 Å². The van der Waals surface area contributed by atoms with E-state index in [0.29, 0.717) is 6.42 Å². The average Bonchev–Trinajstić information content (AvgIpc) is 2.42. The number of hydrogen-bond donors (Lipinski definition) is 2. The van der Waals surface area contributed by atoms with Crippen LogP contribution in [0.15, 0.2) is 24.4 Å². The summed E-state index contributed by atoms with van der Waals surface area (Å²) < 4.78 is 25.2. The molecule has 1 amide bonds. The van der Waals surface area contributed by atoms with Crippen molar-refractivity contribution >= 4 is 15.9 Å². The fourth-order valence-electron chi connectivity index (χ4n) is 1.34. The third-order valence-corrected chi connectivity index (χ3v) is 3.82. The first-order valence-electron chi connectivity index (χ1n) is 6.17. The van der Waals surface area contributed by atoms with Gasteiger partial charge in [0, 0.05) is 6.20 Å². The topological polar surface area (TPSA) is 88.2 Å². The molecule has 6 nitrogen and oxygen atoms in total. The summed E-state index contributed by atoms with van der Waals surface area (Å²) in [6.07, 6.45) is 3.02. The molecule has 0 aliphatic carbocycles. The Morgan fingerprint density at radius 2 is 2.16 bits per heavy atom. The third-order valence-electron chi connectivity index (χ3n) is 2.41. The van der Waals surface area contributed by atoms with Crippen LogP contribution in [0.4, 0.5) is 0 Å². The largest absolute Gasteiger partial charge is 0.349 e. The van der Waals surface area contributed by atoms with Gasteiger partial charge in [0.15, 0.2) is 0 Å². The van der Waals surface area contributed by atoms with E-state index in [0.717, 1.165) is 12.1 Å². The number of unbranched alkanes of at least 4 members (excludes halogenated alkanes) is 1. The molecule has 1 aromatic heterocycles. The third kappa shape index (κ3) is 6.88. The average molecular weight is 285 g/mol. The second-order valence-electron chi connectivity index (χ2n) is 4.09. The molecule has 1 rings (SSSR count). The maximum Gasteiger partial charge on any atom is 0.235 e. The van der Waals surface area contributed by atoms with Crippen LogP contribution in [0.25, 0.3) is 0 Å². The maximum absolute atomic E-state index is 11.5. The SMILES string of the molecule is CCCCS(=O)(=O)NCC(=O)NCc1ccccn1. The molecular weight excluding hydrogens is 266 g/mol. The number of amides is 1. The monoisotopic (exact) mass is 285 g/mol. The molecular formula is C12H19N3O3S. The van der Waals surface area contributed by atoms with Crippen molar-refractivity contribution < 1.29 is 13.2 Å². The van der Waals surface area contributed by atoms with Gasteiger partial charge in [0.1, 0.15) is 0 Å². The van der Waals surface area contributed by atoms with Gasteiger partial charge in [-0.15, -0.1) is 0 Å². The van der Waals surface area contributed by atoms with Gasteiger partial charge in [0.2, 0.25) is 15.9 Å². The van der Waals surface area contributed by atoms with Crippen LogP contribution in [-0.2, 0) is 21.4 Å². The molecule has 0 saturated carbocycles. The molecule has 0 aromatic carbocycles. The van der Waals surface area contributed by atoms with Crippen molar-refractivity contribution in [1.29, 1.82) is 0 Å². The van der Waals surface area contributed by atoms with E-state index in [-0.39, 0.29) is 24.7 Å². The molecule has 0 fully saturated rings. The van der Waals surface area contributed by atoms with E-state index in [1.165, 1.54) is 0 Å². The van der Waals surface area contributed by atoms with Gasteiger partial charge in [0.25, 0.3) is 0 Å². The van der Waals surface area contributed by atoms with Crippen molar-refractivity contribution in [2.45, 2.75) is 26.3 Å². The molecule has 0 unspecified atom stereocenters. The van der Waals surface area contributed by atoms with Gasteiger partial charge in [-0.05, 0) is 18.6 Å². The Labute approximate surface area is 113 Å². The Hall–Kier alpha value is -1.47. The Kier molecular flexibility index (Phi) is 6.44. The quantitative estimate of drug-likeness (QED) is 0.724. The lowest BCUT2D eigenvalue weighted by Crippen LogP contribution is -2.37. The molecule has 19 heavy (non-hydrogen) atoms. The highest BCUT2D eigenvalue weighted by Gasteiger charge is 2.11. The number of carbonyl (C=O) groups is 1. The molecule has 0 spiro atoms. The summed E-state index contributed by atoms with van der Waals surface area (Å²) in [6, 6.07) is 5.39. The van der Waals surface area contributed by atoms with Crippen LogP contribution < -0.4 is 10.0 Å². The van der Waals surface area contributed by atoms with Crippen molar-refractivity contribution in [3.8, 4) is 0 Å². The summed E-state index contributed by atoms with van der Waals surface area (Å²) in [4.78, 5) is 15.5. The van der Waals surface area contributed by atoms with Crippen molar-refractivity contribution in [2.24, 2.45) is 0 Å². The van der Waals surface area contributed by atoms with Gasteiger partial charge in [-0.1, -0.05) is 19.4 Å². The minimum absolute atomic E-state index is 0.0526. The fraction of sp³-hybridized carbons (Fsp3) is 0.500. The zero-order valence-corrected chi connectivity index (χ0v) is 11.7. The smallest absolute Gasteiger partial charge is 0.235 e.